The van der Waals surface area contributed by atoms with Gasteiger partial charge in [0, 0.05) is 29.1 Å². The molecule has 0 heterocycles. The number of carbonyl (C=O) groups is 2. The van der Waals surface area contributed by atoms with E-state index < -0.39 is 17.1 Å². The zero-order valence-electron chi connectivity index (χ0n) is 13.8. The molecule has 0 saturated heterocycles. The fourth-order valence-corrected chi connectivity index (χ4v) is 3.71. The number of hydrogen-bond donors (Lipinski definition) is 2. The van der Waals surface area contributed by atoms with Crippen molar-refractivity contribution in [3.63, 3.8) is 0 Å². The summed E-state index contributed by atoms with van der Waals surface area (Å²) >= 11 is 2.04. The van der Waals surface area contributed by atoms with E-state index in [4.69, 9.17) is 19.3 Å². The monoisotopic (exact) mass is 489 g/mol. The molecule has 0 aliphatic rings. The predicted molar refractivity (Wildman–Crippen MR) is 106 cm³/mol. The first kappa shape index (κ1) is 20.6. The summed E-state index contributed by atoms with van der Waals surface area (Å²) < 4.78 is 15.8. The number of carboxylic acid groups (broad SMARTS) is 2. The van der Waals surface area contributed by atoms with Crippen LogP contribution < -0.4 is 0 Å². The second kappa shape index (κ2) is 9.27. The van der Waals surface area contributed by atoms with E-state index in [2.05, 4.69) is 4.74 Å². The molecule has 26 heavy (non-hydrogen) atoms. The van der Waals surface area contributed by atoms with Crippen LogP contribution in [0.2, 0.25) is 0 Å². The van der Waals surface area contributed by atoms with Crippen LogP contribution in [0.4, 0.5) is 0 Å². The summed E-state index contributed by atoms with van der Waals surface area (Å²) in [5.74, 6) is -1.96. The molecule has 0 unspecified atom stereocenters. The van der Waals surface area contributed by atoms with Crippen molar-refractivity contribution in [2.75, 3.05) is 7.05 Å². The van der Waals surface area contributed by atoms with Gasteiger partial charge in [-0.1, -0.05) is 24.3 Å². The van der Waals surface area contributed by atoms with Gasteiger partial charge in [0.15, 0.2) is 0 Å². The molecule has 0 bridgehead atoms. The maximum atomic E-state index is 10.9. The number of halogens is 1. The minimum Gasteiger partial charge on any atom is -0.478 e. The van der Waals surface area contributed by atoms with E-state index in [-0.39, 0.29) is 24.3 Å². The lowest BCUT2D eigenvalue weighted by Crippen LogP contribution is -1.98. The first-order chi connectivity index (χ1) is 12.3. The molecule has 0 aliphatic carbocycles. The number of carboxylic acids is 2. The average molecular weight is 489 g/mol. The van der Waals surface area contributed by atoms with Gasteiger partial charge < -0.3 is 19.3 Å². The highest BCUT2D eigenvalue weighted by Crippen LogP contribution is 2.60. The van der Waals surface area contributed by atoms with Gasteiger partial charge in [0.2, 0.25) is 0 Å². The molecule has 9 heteroatoms. The molecule has 0 amide bonds. The van der Waals surface area contributed by atoms with E-state index in [1.165, 1.54) is 24.3 Å². The summed E-state index contributed by atoms with van der Waals surface area (Å²) in [6, 6.07) is 12.8. The van der Waals surface area contributed by atoms with Crippen molar-refractivity contribution in [1.29, 1.82) is 0 Å². The largest absolute Gasteiger partial charge is 0.478 e. The van der Waals surface area contributed by atoms with Gasteiger partial charge in [0.1, 0.15) is 0 Å². The standard InChI is InChI=1S/C17H17INO6P/c1-19-26(18,24-10-12-2-6-14(7-3-12)16(20)21)25-11-13-4-8-15(9-5-13)17(22)23/h2-9H,10-11H2,1H3,(H,20,21)(H,22,23). The van der Waals surface area contributed by atoms with Crippen LogP contribution in [-0.2, 0) is 22.3 Å². The van der Waals surface area contributed by atoms with Gasteiger partial charge in [-0.15, -0.1) is 0 Å². The lowest BCUT2D eigenvalue weighted by Gasteiger charge is -2.18. The number of benzene rings is 2. The molecule has 138 valence electrons. The zero-order chi connectivity index (χ0) is 19.2. The number of rotatable bonds is 8. The Kier molecular flexibility index (Phi) is 7.33. The molecule has 0 spiro atoms. The van der Waals surface area contributed by atoms with Gasteiger partial charge in [-0.05, 0) is 35.4 Å². The van der Waals surface area contributed by atoms with Crippen molar-refractivity contribution in [1.82, 2.24) is 0 Å². The summed E-state index contributed by atoms with van der Waals surface area (Å²) in [6.07, 6.45) is 0. The molecule has 2 N–H and O–H groups in total. The molecular weight excluding hydrogens is 472 g/mol. The van der Waals surface area contributed by atoms with Crippen LogP contribution in [-0.4, -0.2) is 29.2 Å². The van der Waals surface area contributed by atoms with Crippen LogP contribution in [0.5, 0.6) is 0 Å². The van der Waals surface area contributed by atoms with Gasteiger partial charge in [-0.3, -0.25) is 0 Å². The first-order valence-electron chi connectivity index (χ1n) is 7.46. The Bertz CT molecular complexity index is 770. The number of aromatic carboxylic acids is 2. The van der Waals surface area contributed by atoms with Crippen LogP contribution in [0, 0.1) is 0 Å². The third-order valence-electron chi connectivity index (χ3n) is 3.42. The third-order valence-corrected chi connectivity index (χ3v) is 7.76. The molecule has 0 aliphatic heterocycles. The van der Waals surface area contributed by atoms with Crippen LogP contribution >= 0.6 is 27.2 Å². The van der Waals surface area contributed by atoms with E-state index in [0.29, 0.717) is 0 Å². The molecule has 7 nitrogen and oxygen atoms in total. The zero-order valence-corrected chi connectivity index (χ0v) is 16.9. The van der Waals surface area contributed by atoms with Crippen LogP contribution in [0.15, 0.2) is 53.3 Å². The SMILES string of the molecule is CN=P(I)(OCc1ccc(C(=O)O)cc1)OCc1ccc(C(=O)O)cc1. The maximum absolute atomic E-state index is 10.9. The average Bonchev–Trinajstić information content (AvgIpc) is 2.65. The summed E-state index contributed by atoms with van der Waals surface area (Å²) in [6.45, 7) is 0.484. The van der Waals surface area contributed by atoms with Crippen molar-refractivity contribution in [3.05, 3.63) is 70.8 Å². The number of nitrogens with zero attached hydrogens (tertiary/aromatic N) is 1. The molecule has 0 radical (unpaired) electrons. The van der Waals surface area contributed by atoms with Crippen molar-refractivity contribution in [3.8, 4) is 0 Å². The summed E-state index contributed by atoms with van der Waals surface area (Å²) in [5, 5.41) is 15.3. The summed E-state index contributed by atoms with van der Waals surface area (Å²) in [5.41, 5.74) is 2.05. The second-order valence-corrected chi connectivity index (χ2v) is 10.7. The van der Waals surface area contributed by atoms with E-state index >= 15 is 0 Å². The van der Waals surface area contributed by atoms with Crippen LogP contribution in [0.1, 0.15) is 31.8 Å². The molecule has 0 atom stereocenters. The van der Waals surface area contributed by atoms with Crippen LogP contribution in [0.25, 0.3) is 0 Å². The maximum Gasteiger partial charge on any atom is 0.335 e. The molecule has 2 aromatic carbocycles. The second-order valence-electron chi connectivity index (χ2n) is 5.20. The minimum absolute atomic E-state index is 0.213. The van der Waals surface area contributed by atoms with Gasteiger partial charge in [-0.2, -0.15) is 0 Å². The highest BCUT2D eigenvalue weighted by Gasteiger charge is 2.17. The Morgan fingerprint density at radius 3 is 1.50 bits per heavy atom. The Balaban J connectivity index is 1.95. The van der Waals surface area contributed by atoms with E-state index in [1.807, 2.05) is 22.0 Å². The third kappa shape index (κ3) is 5.91. The minimum atomic E-state index is -2.48. The summed E-state index contributed by atoms with van der Waals surface area (Å²) in [7, 11) is 1.61. The molecular formula is C17H17INO6P. The highest BCUT2D eigenvalue weighted by atomic mass is 127. The van der Waals surface area contributed by atoms with Crippen molar-refractivity contribution in [2.45, 2.75) is 13.2 Å². The van der Waals surface area contributed by atoms with E-state index in [9.17, 15) is 9.59 Å². The molecule has 0 saturated carbocycles. The van der Waals surface area contributed by atoms with Gasteiger partial charge in [0.05, 0.1) is 24.3 Å². The molecule has 0 aromatic heterocycles. The highest BCUT2D eigenvalue weighted by molar-refractivity contribution is 14.2. The topological polar surface area (TPSA) is 105 Å². The molecule has 0 fully saturated rings. The fourth-order valence-electron chi connectivity index (χ4n) is 1.95. The summed E-state index contributed by atoms with van der Waals surface area (Å²) in [4.78, 5) is 21.7. The van der Waals surface area contributed by atoms with Crippen LogP contribution in [0.3, 0.4) is 0 Å². The van der Waals surface area contributed by atoms with Gasteiger partial charge >= 0.3 is 11.9 Å². The number of hydrogen-bond acceptors (Lipinski definition) is 5. The smallest absolute Gasteiger partial charge is 0.335 e. The predicted octanol–water partition coefficient (Wildman–Crippen LogP) is 4.83. The van der Waals surface area contributed by atoms with E-state index in [1.54, 1.807) is 31.3 Å². The Hall–Kier alpha value is -1.74. The normalized spacial score (nSPS) is 11.2. The Morgan fingerprint density at radius 1 is 0.885 bits per heavy atom. The van der Waals surface area contributed by atoms with Gasteiger partial charge in [0.25, 0.3) is 5.15 Å². The van der Waals surface area contributed by atoms with Crippen molar-refractivity contribution in [2.24, 2.45) is 4.74 Å². The molecule has 2 rings (SSSR count). The first-order valence-corrected chi connectivity index (χ1v) is 11.8. The lowest BCUT2D eigenvalue weighted by molar-refractivity contribution is 0.0686. The van der Waals surface area contributed by atoms with Crippen molar-refractivity contribution < 1.29 is 28.8 Å². The van der Waals surface area contributed by atoms with Crippen molar-refractivity contribution >= 4 is 39.1 Å². The Morgan fingerprint density at radius 2 is 1.23 bits per heavy atom. The molecule has 2 aromatic rings. The van der Waals surface area contributed by atoms with Gasteiger partial charge in [-0.25, -0.2) is 14.3 Å². The quantitative estimate of drug-likeness (QED) is 0.407. The lowest BCUT2D eigenvalue weighted by atomic mass is 10.1. The van der Waals surface area contributed by atoms with E-state index in [0.717, 1.165) is 11.1 Å². The Labute approximate surface area is 163 Å². The fraction of sp³-hybridized carbons (Fsp3) is 0.176.